The summed E-state index contributed by atoms with van der Waals surface area (Å²) in [5.41, 5.74) is 2.90. The first kappa shape index (κ1) is 21.2. The quantitative estimate of drug-likeness (QED) is 0.442. The lowest BCUT2D eigenvalue weighted by Gasteiger charge is -2.09. The summed E-state index contributed by atoms with van der Waals surface area (Å²) in [6, 6.07) is 9.50. The second-order valence-electron chi connectivity index (χ2n) is 7.22. The first-order valence-corrected chi connectivity index (χ1v) is 11.9. The van der Waals surface area contributed by atoms with Crippen LogP contribution in [0.3, 0.4) is 0 Å². The third-order valence-corrected chi connectivity index (χ3v) is 7.57. The summed E-state index contributed by atoms with van der Waals surface area (Å²) >= 11 is 1.45. The number of benzene rings is 1. The molecule has 0 aliphatic carbocycles. The van der Waals surface area contributed by atoms with Crippen LogP contribution in [0, 0.1) is 11.6 Å². The SMILES string of the molecule is O=C1NCc2cc(-c3ccc(-c4cncc(NS(=O)(=O)c5ccc(F)cc5F)c4)s3)cnc21. The fourth-order valence-electron chi connectivity index (χ4n) is 3.43. The Morgan fingerprint density at radius 1 is 0.970 bits per heavy atom. The normalized spacial score (nSPS) is 13.0. The van der Waals surface area contributed by atoms with Crippen LogP contribution >= 0.6 is 11.3 Å². The Balaban J connectivity index is 1.41. The van der Waals surface area contributed by atoms with E-state index in [0.717, 1.165) is 33.0 Å². The number of carbonyl (C=O) groups is 1. The van der Waals surface area contributed by atoms with Gasteiger partial charge in [-0.3, -0.25) is 19.5 Å². The van der Waals surface area contributed by atoms with Crippen molar-refractivity contribution in [2.75, 3.05) is 4.72 Å². The number of thiophene rings is 1. The highest BCUT2D eigenvalue weighted by Gasteiger charge is 2.22. The van der Waals surface area contributed by atoms with Gasteiger partial charge in [0.2, 0.25) is 0 Å². The van der Waals surface area contributed by atoms with Gasteiger partial charge in [-0.1, -0.05) is 0 Å². The molecule has 0 unspecified atom stereocenters. The number of carbonyl (C=O) groups excluding carboxylic acids is 1. The monoisotopic (exact) mass is 484 g/mol. The number of sulfonamides is 1. The zero-order valence-corrected chi connectivity index (χ0v) is 18.3. The van der Waals surface area contributed by atoms with Gasteiger partial charge in [0, 0.05) is 51.4 Å². The molecule has 1 aliphatic heterocycles. The number of fused-ring (bicyclic) bond motifs is 1. The summed E-state index contributed by atoms with van der Waals surface area (Å²) in [6.45, 7) is 0.438. The van der Waals surface area contributed by atoms with Crippen molar-refractivity contribution in [1.29, 1.82) is 0 Å². The third kappa shape index (κ3) is 4.08. The molecular formula is C22H14F2N4O3S2. The maximum absolute atomic E-state index is 14.0. The van der Waals surface area contributed by atoms with Gasteiger partial charge < -0.3 is 5.32 Å². The number of amides is 1. The van der Waals surface area contributed by atoms with Crippen molar-refractivity contribution >= 4 is 33.0 Å². The molecule has 0 fully saturated rings. The van der Waals surface area contributed by atoms with Crippen molar-refractivity contribution in [3.63, 3.8) is 0 Å². The van der Waals surface area contributed by atoms with E-state index >= 15 is 0 Å². The van der Waals surface area contributed by atoms with Crippen LogP contribution in [0.5, 0.6) is 0 Å². The molecule has 0 bridgehead atoms. The molecule has 0 atom stereocenters. The van der Waals surface area contributed by atoms with Gasteiger partial charge in [0.05, 0.1) is 11.9 Å². The van der Waals surface area contributed by atoms with Gasteiger partial charge in [-0.25, -0.2) is 17.2 Å². The van der Waals surface area contributed by atoms with Crippen molar-refractivity contribution < 1.29 is 22.0 Å². The maximum atomic E-state index is 14.0. The molecule has 0 saturated heterocycles. The Labute approximate surface area is 191 Å². The van der Waals surface area contributed by atoms with Crippen molar-refractivity contribution in [2.24, 2.45) is 0 Å². The topological polar surface area (TPSA) is 101 Å². The molecule has 1 amide bonds. The van der Waals surface area contributed by atoms with Gasteiger partial charge in [-0.05, 0) is 36.4 Å². The van der Waals surface area contributed by atoms with Crippen molar-refractivity contribution in [2.45, 2.75) is 11.4 Å². The molecule has 1 aliphatic rings. The Hall–Kier alpha value is -3.70. The van der Waals surface area contributed by atoms with Crippen LogP contribution in [0.4, 0.5) is 14.5 Å². The highest BCUT2D eigenvalue weighted by Crippen LogP contribution is 2.36. The van der Waals surface area contributed by atoms with E-state index in [-0.39, 0.29) is 11.6 Å². The van der Waals surface area contributed by atoms with E-state index in [2.05, 4.69) is 20.0 Å². The average molecular weight is 485 g/mol. The van der Waals surface area contributed by atoms with Crippen LogP contribution in [-0.4, -0.2) is 24.3 Å². The van der Waals surface area contributed by atoms with Crippen LogP contribution in [-0.2, 0) is 16.6 Å². The van der Waals surface area contributed by atoms with E-state index in [9.17, 15) is 22.0 Å². The van der Waals surface area contributed by atoms with Gasteiger partial charge >= 0.3 is 0 Å². The smallest absolute Gasteiger partial charge is 0.270 e. The summed E-state index contributed by atoms with van der Waals surface area (Å²) in [7, 11) is -4.28. The first-order valence-electron chi connectivity index (χ1n) is 9.61. The Morgan fingerprint density at radius 3 is 2.48 bits per heavy atom. The average Bonchev–Trinajstić information content (AvgIpc) is 3.40. The standard InChI is InChI=1S/C22H14F2N4O3S2/c23-15-1-4-20(17(24)7-15)33(30,31)28-16-6-13(8-25-11-16)19-3-2-18(32-19)12-5-14-10-27-22(29)21(14)26-9-12/h1-9,11,28H,10H2,(H,27,29). The van der Waals surface area contributed by atoms with Crippen LogP contribution < -0.4 is 10.0 Å². The minimum Gasteiger partial charge on any atom is -0.347 e. The number of halogens is 2. The fourth-order valence-corrected chi connectivity index (χ4v) is 5.49. The fraction of sp³-hybridized carbons (Fsp3) is 0.0455. The molecule has 3 aromatic heterocycles. The predicted octanol–water partition coefficient (Wildman–Crippen LogP) is 4.19. The zero-order chi connectivity index (χ0) is 23.2. The molecule has 2 N–H and O–H groups in total. The molecule has 4 heterocycles. The lowest BCUT2D eigenvalue weighted by atomic mass is 10.1. The van der Waals surface area contributed by atoms with Crippen LogP contribution in [0.25, 0.3) is 20.9 Å². The second kappa shape index (κ2) is 8.01. The van der Waals surface area contributed by atoms with E-state index < -0.39 is 26.6 Å². The Morgan fingerprint density at radius 2 is 1.73 bits per heavy atom. The minimum absolute atomic E-state index is 0.134. The lowest BCUT2D eigenvalue weighted by Crippen LogP contribution is -2.15. The number of nitrogens with one attached hydrogen (secondary N) is 2. The molecule has 4 aromatic rings. The van der Waals surface area contributed by atoms with Crippen LogP contribution in [0.1, 0.15) is 16.1 Å². The van der Waals surface area contributed by atoms with Crippen LogP contribution in [0.2, 0.25) is 0 Å². The maximum Gasteiger partial charge on any atom is 0.270 e. The number of anilines is 1. The molecule has 0 saturated carbocycles. The van der Waals surface area contributed by atoms with E-state index in [1.807, 2.05) is 18.2 Å². The molecule has 5 rings (SSSR count). The molecule has 0 spiro atoms. The van der Waals surface area contributed by atoms with Gasteiger partial charge in [0.1, 0.15) is 22.2 Å². The zero-order valence-electron chi connectivity index (χ0n) is 16.7. The largest absolute Gasteiger partial charge is 0.347 e. The van der Waals surface area contributed by atoms with Gasteiger partial charge in [-0.2, -0.15) is 0 Å². The van der Waals surface area contributed by atoms with E-state index in [1.54, 1.807) is 18.5 Å². The van der Waals surface area contributed by atoms with Crippen LogP contribution in [0.15, 0.2) is 66.0 Å². The van der Waals surface area contributed by atoms with E-state index in [0.29, 0.717) is 23.9 Å². The molecular weight excluding hydrogens is 470 g/mol. The predicted molar refractivity (Wildman–Crippen MR) is 119 cm³/mol. The van der Waals surface area contributed by atoms with Crippen molar-refractivity contribution in [3.8, 4) is 20.9 Å². The number of nitrogens with zero attached hydrogens (tertiary/aromatic N) is 2. The number of pyridine rings is 2. The Bertz CT molecular complexity index is 1520. The highest BCUT2D eigenvalue weighted by molar-refractivity contribution is 7.92. The number of hydrogen-bond donors (Lipinski definition) is 2. The Kier molecular flexibility index (Phi) is 5.14. The van der Waals surface area contributed by atoms with Crippen molar-refractivity contribution in [3.05, 3.63) is 83.9 Å². The van der Waals surface area contributed by atoms with Crippen molar-refractivity contribution in [1.82, 2.24) is 15.3 Å². The molecule has 33 heavy (non-hydrogen) atoms. The number of aromatic nitrogens is 2. The first-order chi connectivity index (χ1) is 15.8. The molecule has 11 heteroatoms. The lowest BCUT2D eigenvalue weighted by molar-refractivity contribution is 0.0961. The van der Waals surface area contributed by atoms with Gasteiger partial charge in [-0.15, -0.1) is 11.3 Å². The summed E-state index contributed by atoms with van der Waals surface area (Å²) in [4.78, 5) is 21.1. The summed E-state index contributed by atoms with van der Waals surface area (Å²) in [5, 5.41) is 2.73. The van der Waals surface area contributed by atoms with Gasteiger partial charge in [0.25, 0.3) is 15.9 Å². The summed E-state index contributed by atoms with van der Waals surface area (Å²) < 4.78 is 54.5. The second-order valence-corrected chi connectivity index (χ2v) is 9.96. The minimum atomic E-state index is -4.28. The van der Waals surface area contributed by atoms with E-state index in [1.165, 1.54) is 17.5 Å². The number of hydrogen-bond acceptors (Lipinski definition) is 6. The third-order valence-electron chi connectivity index (χ3n) is 4.97. The summed E-state index contributed by atoms with van der Waals surface area (Å²) in [5.74, 6) is -2.24. The molecule has 1 aromatic carbocycles. The molecule has 0 radical (unpaired) electrons. The van der Waals surface area contributed by atoms with E-state index in [4.69, 9.17) is 0 Å². The highest BCUT2D eigenvalue weighted by atomic mass is 32.2. The van der Waals surface area contributed by atoms with Gasteiger partial charge in [0.15, 0.2) is 0 Å². The molecule has 7 nitrogen and oxygen atoms in total. The number of rotatable bonds is 5. The summed E-state index contributed by atoms with van der Waals surface area (Å²) in [6.07, 6.45) is 4.51. The molecule has 166 valence electrons.